The van der Waals surface area contributed by atoms with Gasteiger partial charge >= 0.3 is 0 Å². The Bertz CT molecular complexity index is 1340. The number of benzene rings is 3. The van der Waals surface area contributed by atoms with E-state index in [9.17, 15) is 0 Å². The topological polar surface area (TPSA) is 69.6 Å². The van der Waals surface area contributed by atoms with E-state index < -0.39 is 0 Å². The fraction of sp³-hybridized carbons (Fsp3) is 0.0417. The van der Waals surface area contributed by atoms with Crippen molar-refractivity contribution in [3.63, 3.8) is 0 Å². The molecule has 0 spiro atoms. The molecule has 2 N–H and O–H groups in total. The second-order valence-electron chi connectivity index (χ2n) is 6.86. The number of allylic oxidation sites excluding steroid dienone is 1. The van der Waals surface area contributed by atoms with Crippen molar-refractivity contribution in [1.82, 2.24) is 19.7 Å². The first-order valence-electron chi connectivity index (χ1n) is 9.47. The summed E-state index contributed by atoms with van der Waals surface area (Å²) in [6.07, 6.45) is 5.64. The molecule has 2 heterocycles. The van der Waals surface area contributed by atoms with Gasteiger partial charge in [0.15, 0.2) is 5.65 Å². The van der Waals surface area contributed by atoms with Crippen molar-refractivity contribution in [1.29, 1.82) is 0 Å². The van der Waals surface area contributed by atoms with E-state index in [1.54, 1.807) is 0 Å². The summed E-state index contributed by atoms with van der Waals surface area (Å²) in [5, 5.41) is 7.98. The predicted octanol–water partition coefficient (Wildman–Crippen LogP) is 4.94. The van der Waals surface area contributed by atoms with Crippen molar-refractivity contribution < 1.29 is 0 Å². The first kappa shape index (κ1) is 17.1. The Hall–Kier alpha value is -3.99. The molecule has 5 aromatic rings. The minimum absolute atomic E-state index is 0.441. The summed E-state index contributed by atoms with van der Waals surface area (Å²) in [5.41, 5.74) is 9.90. The Balaban J connectivity index is 1.59. The van der Waals surface area contributed by atoms with E-state index in [0.29, 0.717) is 12.4 Å². The van der Waals surface area contributed by atoms with E-state index in [-0.39, 0.29) is 0 Å². The third-order valence-electron chi connectivity index (χ3n) is 4.97. The van der Waals surface area contributed by atoms with Crippen LogP contribution in [0, 0.1) is 0 Å². The van der Waals surface area contributed by atoms with Gasteiger partial charge in [-0.3, -0.25) is 0 Å². The van der Waals surface area contributed by atoms with Crippen molar-refractivity contribution >= 4 is 33.7 Å². The van der Waals surface area contributed by atoms with E-state index in [0.717, 1.165) is 33.2 Å². The van der Waals surface area contributed by atoms with Crippen LogP contribution in [-0.2, 0) is 6.54 Å². The van der Waals surface area contributed by atoms with E-state index in [4.69, 9.17) is 10.8 Å². The highest BCUT2D eigenvalue weighted by Crippen LogP contribution is 2.31. The number of aromatic nitrogens is 4. The van der Waals surface area contributed by atoms with Gasteiger partial charge in [0.1, 0.15) is 17.8 Å². The highest BCUT2D eigenvalue weighted by atomic mass is 15.3. The van der Waals surface area contributed by atoms with Crippen LogP contribution in [0.1, 0.15) is 5.56 Å². The minimum atomic E-state index is 0.441. The van der Waals surface area contributed by atoms with Gasteiger partial charge < -0.3 is 5.73 Å². The number of nitrogens with two attached hydrogens (primary N) is 1. The normalized spacial score (nSPS) is 11.6. The average molecular weight is 377 g/mol. The fourth-order valence-electron chi connectivity index (χ4n) is 3.55. The Morgan fingerprint density at radius 1 is 0.862 bits per heavy atom. The van der Waals surface area contributed by atoms with Gasteiger partial charge in [0.2, 0.25) is 0 Å². The van der Waals surface area contributed by atoms with Gasteiger partial charge in [-0.15, -0.1) is 0 Å². The van der Waals surface area contributed by atoms with Crippen molar-refractivity contribution in [3.05, 3.63) is 90.8 Å². The van der Waals surface area contributed by atoms with Crippen molar-refractivity contribution in [2.45, 2.75) is 6.54 Å². The van der Waals surface area contributed by atoms with E-state index in [2.05, 4.69) is 64.6 Å². The first-order chi connectivity index (χ1) is 14.3. The monoisotopic (exact) mass is 377 g/mol. The largest absolute Gasteiger partial charge is 0.383 e. The number of rotatable bonds is 4. The van der Waals surface area contributed by atoms with Crippen LogP contribution >= 0.6 is 0 Å². The number of nitrogen functional groups attached to an aromatic ring is 1. The summed E-state index contributed by atoms with van der Waals surface area (Å²) < 4.78 is 1.87. The zero-order valence-corrected chi connectivity index (χ0v) is 15.7. The quantitative estimate of drug-likeness (QED) is 0.481. The smallest absolute Gasteiger partial charge is 0.164 e. The molecule has 3 aromatic carbocycles. The van der Waals surface area contributed by atoms with Crippen LogP contribution in [0.4, 0.5) is 5.82 Å². The van der Waals surface area contributed by atoms with Gasteiger partial charge in [0.05, 0.1) is 11.9 Å². The Morgan fingerprint density at radius 3 is 2.52 bits per heavy atom. The molecule has 0 bridgehead atoms. The standard InChI is InChI=1S/C24H19N5/c25-23-21-22(20-13-12-18-10-4-5-11-19(18)15-20)28-29(24(21)27-16-26-23)14-6-9-17-7-2-1-3-8-17/h1-13,15-16H,14H2,(H2,25,26,27)/b9-6+. The van der Waals surface area contributed by atoms with Crippen LogP contribution in [0.3, 0.4) is 0 Å². The lowest BCUT2D eigenvalue weighted by Crippen LogP contribution is -2.00. The summed E-state index contributed by atoms with van der Waals surface area (Å²) in [6, 6.07) is 24.8. The van der Waals surface area contributed by atoms with Gasteiger partial charge in [-0.2, -0.15) is 5.10 Å². The molecular formula is C24H19N5. The number of nitrogens with zero attached hydrogens (tertiary/aromatic N) is 4. The first-order valence-corrected chi connectivity index (χ1v) is 9.47. The molecule has 0 amide bonds. The molecule has 0 atom stereocenters. The maximum atomic E-state index is 6.22. The fourth-order valence-corrected chi connectivity index (χ4v) is 3.55. The van der Waals surface area contributed by atoms with Gasteiger partial charge in [0.25, 0.3) is 0 Å². The average Bonchev–Trinajstić information content (AvgIpc) is 3.14. The zero-order valence-electron chi connectivity index (χ0n) is 15.7. The molecule has 0 saturated carbocycles. The molecule has 0 fully saturated rings. The van der Waals surface area contributed by atoms with Crippen LogP contribution < -0.4 is 5.73 Å². The van der Waals surface area contributed by atoms with Crippen LogP contribution in [0.25, 0.3) is 39.1 Å². The van der Waals surface area contributed by atoms with Crippen LogP contribution in [-0.4, -0.2) is 19.7 Å². The summed E-state index contributed by atoms with van der Waals surface area (Å²) in [7, 11) is 0. The molecule has 5 nitrogen and oxygen atoms in total. The van der Waals surface area contributed by atoms with Gasteiger partial charge in [-0.25, -0.2) is 14.6 Å². The number of anilines is 1. The molecule has 140 valence electrons. The van der Waals surface area contributed by atoms with Crippen LogP contribution in [0.5, 0.6) is 0 Å². The van der Waals surface area contributed by atoms with Crippen LogP contribution in [0.15, 0.2) is 85.2 Å². The molecule has 5 heteroatoms. The van der Waals surface area contributed by atoms with Crippen molar-refractivity contribution in [2.75, 3.05) is 5.73 Å². The maximum Gasteiger partial charge on any atom is 0.164 e. The number of hydrogen-bond donors (Lipinski definition) is 1. The zero-order chi connectivity index (χ0) is 19.6. The molecule has 29 heavy (non-hydrogen) atoms. The second-order valence-corrected chi connectivity index (χ2v) is 6.86. The van der Waals surface area contributed by atoms with Gasteiger partial charge in [-0.1, -0.05) is 78.9 Å². The number of fused-ring (bicyclic) bond motifs is 2. The highest BCUT2D eigenvalue weighted by molar-refractivity contribution is 6.00. The number of hydrogen-bond acceptors (Lipinski definition) is 4. The maximum absolute atomic E-state index is 6.22. The molecule has 5 rings (SSSR count). The molecule has 0 radical (unpaired) electrons. The van der Waals surface area contributed by atoms with Gasteiger partial charge in [-0.05, 0) is 22.4 Å². The van der Waals surface area contributed by atoms with Crippen molar-refractivity contribution in [2.24, 2.45) is 0 Å². The SMILES string of the molecule is Nc1ncnc2c1c(-c1ccc3ccccc3c1)nn2C/C=C/c1ccccc1. The van der Waals surface area contributed by atoms with E-state index in [1.807, 2.05) is 35.0 Å². The Labute approximate surface area is 168 Å². The minimum Gasteiger partial charge on any atom is -0.383 e. The Kier molecular flexibility index (Phi) is 4.26. The molecule has 2 aromatic heterocycles. The molecule has 0 saturated heterocycles. The summed E-state index contributed by atoms with van der Waals surface area (Å²) in [5.74, 6) is 0.441. The third kappa shape index (κ3) is 3.23. The summed E-state index contributed by atoms with van der Waals surface area (Å²) in [4.78, 5) is 8.64. The Morgan fingerprint density at radius 2 is 1.66 bits per heavy atom. The third-order valence-corrected chi connectivity index (χ3v) is 4.97. The summed E-state index contributed by atoms with van der Waals surface area (Å²) >= 11 is 0. The lowest BCUT2D eigenvalue weighted by Gasteiger charge is -2.02. The summed E-state index contributed by atoms with van der Waals surface area (Å²) in [6.45, 7) is 0.593. The van der Waals surface area contributed by atoms with Gasteiger partial charge in [0, 0.05) is 5.56 Å². The molecular weight excluding hydrogens is 358 g/mol. The van der Waals surface area contributed by atoms with E-state index in [1.165, 1.54) is 11.7 Å². The molecule has 0 aliphatic carbocycles. The van der Waals surface area contributed by atoms with Crippen LogP contribution in [0.2, 0.25) is 0 Å². The van der Waals surface area contributed by atoms with Crippen molar-refractivity contribution in [3.8, 4) is 11.3 Å². The lowest BCUT2D eigenvalue weighted by molar-refractivity contribution is 0.723. The lowest BCUT2D eigenvalue weighted by atomic mass is 10.0. The van der Waals surface area contributed by atoms with E-state index >= 15 is 0 Å². The predicted molar refractivity (Wildman–Crippen MR) is 118 cm³/mol. The highest BCUT2D eigenvalue weighted by Gasteiger charge is 2.16. The molecule has 0 unspecified atom stereocenters. The second kappa shape index (κ2) is 7.20. The molecule has 0 aliphatic rings. The molecule has 0 aliphatic heterocycles.